The van der Waals surface area contributed by atoms with Gasteiger partial charge in [0.05, 0.1) is 15.7 Å². The number of aromatic carboxylic acids is 1. The third kappa shape index (κ3) is 3.37. The molecule has 6 heteroatoms. The van der Waals surface area contributed by atoms with Crippen molar-refractivity contribution < 1.29 is 14.3 Å². The summed E-state index contributed by atoms with van der Waals surface area (Å²) in [5.74, 6) is -1.62. The van der Waals surface area contributed by atoms with E-state index in [0.29, 0.717) is 11.7 Å². The molecule has 0 radical (unpaired) electrons. The van der Waals surface area contributed by atoms with Crippen LogP contribution in [0.2, 0.25) is 0 Å². The number of hydrogen-bond acceptors (Lipinski definition) is 3. The smallest absolute Gasteiger partial charge is 0.336 e. The van der Waals surface area contributed by atoms with Gasteiger partial charge in [0.15, 0.2) is 5.82 Å². The summed E-state index contributed by atoms with van der Waals surface area (Å²) in [4.78, 5) is 15.4. The van der Waals surface area contributed by atoms with Crippen molar-refractivity contribution in [2.75, 3.05) is 31.1 Å². The van der Waals surface area contributed by atoms with E-state index in [2.05, 4.69) is 34.7 Å². The normalized spacial score (nSPS) is 17.8. The van der Waals surface area contributed by atoms with Crippen LogP contribution in [0.5, 0.6) is 0 Å². The minimum absolute atomic E-state index is 0.0249. The first-order valence-electron chi connectivity index (χ1n) is 7.16. The third-order valence-corrected chi connectivity index (χ3v) is 4.94. The monoisotopic (exact) mass is 358 g/mol. The number of hydrogen-bond donors (Lipinski definition) is 1. The van der Waals surface area contributed by atoms with E-state index in [0.717, 1.165) is 32.6 Å². The number of nitrogens with zero attached hydrogens (tertiary/aromatic N) is 2. The predicted octanol–water partition coefficient (Wildman–Crippen LogP) is 3.21. The van der Waals surface area contributed by atoms with Crippen molar-refractivity contribution in [1.82, 2.24) is 4.90 Å². The fraction of sp³-hybridized carbons (Fsp3) is 0.533. The number of halogens is 2. The van der Waals surface area contributed by atoms with Crippen LogP contribution < -0.4 is 4.90 Å². The molecule has 1 atom stereocenters. The van der Waals surface area contributed by atoms with Gasteiger partial charge in [-0.3, -0.25) is 4.90 Å². The molecule has 21 heavy (non-hydrogen) atoms. The highest BCUT2D eigenvalue weighted by Gasteiger charge is 2.24. The number of rotatable bonds is 4. The number of carbonyl (C=O) groups is 1. The van der Waals surface area contributed by atoms with Crippen LogP contribution in [0.1, 0.15) is 30.6 Å². The van der Waals surface area contributed by atoms with E-state index in [-0.39, 0.29) is 10.0 Å². The maximum Gasteiger partial charge on any atom is 0.336 e. The first-order chi connectivity index (χ1) is 9.95. The maximum absolute atomic E-state index is 14.4. The molecule has 0 spiro atoms. The van der Waals surface area contributed by atoms with Crippen molar-refractivity contribution in [2.45, 2.75) is 26.3 Å². The second kappa shape index (κ2) is 6.75. The third-order valence-electron chi connectivity index (χ3n) is 4.16. The van der Waals surface area contributed by atoms with E-state index >= 15 is 0 Å². The molecule has 0 amide bonds. The first-order valence-corrected chi connectivity index (χ1v) is 7.95. The summed E-state index contributed by atoms with van der Waals surface area (Å²) >= 11 is 3.05. The highest BCUT2D eigenvalue weighted by molar-refractivity contribution is 9.10. The summed E-state index contributed by atoms with van der Waals surface area (Å²) in [5, 5.41) is 9.00. The number of benzene rings is 1. The summed E-state index contributed by atoms with van der Waals surface area (Å²) in [5.41, 5.74) is 0.421. The number of carboxylic acids is 1. The van der Waals surface area contributed by atoms with Gasteiger partial charge in [0.1, 0.15) is 0 Å². The molecule has 0 bridgehead atoms. The molecule has 0 aromatic heterocycles. The molecule has 1 saturated heterocycles. The molecular weight excluding hydrogens is 339 g/mol. The Morgan fingerprint density at radius 3 is 2.52 bits per heavy atom. The quantitative estimate of drug-likeness (QED) is 0.897. The minimum atomic E-state index is -1.13. The van der Waals surface area contributed by atoms with Crippen LogP contribution >= 0.6 is 15.9 Å². The van der Waals surface area contributed by atoms with E-state index < -0.39 is 11.8 Å². The summed E-state index contributed by atoms with van der Waals surface area (Å²) in [6.45, 7) is 7.66. The lowest BCUT2D eigenvalue weighted by molar-refractivity contribution is 0.0695. The van der Waals surface area contributed by atoms with Crippen LogP contribution in [0.4, 0.5) is 10.1 Å². The molecule has 4 nitrogen and oxygen atoms in total. The Balaban J connectivity index is 2.14. The molecule has 1 aliphatic rings. The lowest BCUT2D eigenvalue weighted by Crippen LogP contribution is -2.49. The van der Waals surface area contributed by atoms with Gasteiger partial charge in [-0.1, -0.05) is 6.92 Å². The van der Waals surface area contributed by atoms with Crippen molar-refractivity contribution in [2.24, 2.45) is 0 Å². The highest BCUT2D eigenvalue weighted by atomic mass is 79.9. The van der Waals surface area contributed by atoms with Crippen LogP contribution in [0.15, 0.2) is 16.6 Å². The van der Waals surface area contributed by atoms with Crippen molar-refractivity contribution in [1.29, 1.82) is 0 Å². The minimum Gasteiger partial charge on any atom is -0.478 e. The standard InChI is InChI=1S/C15H20BrFN2O2/c1-3-10(2)18-6-8-19(9-7-18)12-5-4-11(15(20)21)13(16)14(12)17/h4-5,10H,3,6-9H2,1-2H3,(H,20,21). The van der Waals surface area contributed by atoms with Crippen LogP contribution in [0.25, 0.3) is 0 Å². The van der Waals surface area contributed by atoms with E-state index in [9.17, 15) is 9.18 Å². The second-order valence-corrected chi connectivity index (χ2v) is 6.14. The molecule has 1 heterocycles. The van der Waals surface area contributed by atoms with Crippen LogP contribution in [-0.4, -0.2) is 48.2 Å². The second-order valence-electron chi connectivity index (χ2n) is 5.35. The Labute approximate surface area is 132 Å². The zero-order valence-corrected chi connectivity index (χ0v) is 13.9. The topological polar surface area (TPSA) is 43.8 Å². The molecule has 116 valence electrons. The molecule has 0 saturated carbocycles. The van der Waals surface area contributed by atoms with E-state index in [4.69, 9.17) is 5.11 Å². The van der Waals surface area contributed by atoms with Gasteiger partial charge in [0.25, 0.3) is 0 Å². The molecule has 1 fully saturated rings. The van der Waals surface area contributed by atoms with Gasteiger partial charge in [-0.25, -0.2) is 9.18 Å². The van der Waals surface area contributed by atoms with Gasteiger partial charge in [0.2, 0.25) is 0 Å². The SMILES string of the molecule is CCC(C)N1CCN(c2ccc(C(=O)O)c(Br)c2F)CC1. The zero-order valence-electron chi connectivity index (χ0n) is 12.3. The molecule has 0 aliphatic carbocycles. The maximum atomic E-state index is 14.4. The average molecular weight is 359 g/mol. The average Bonchev–Trinajstić information content (AvgIpc) is 2.49. The Morgan fingerprint density at radius 2 is 2.00 bits per heavy atom. The summed E-state index contributed by atoms with van der Waals surface area (Å²) in [7, 11) is 0. The Hall–Kier alpha value is -1.14. The molecular formula is C15H20BrFN2O2. The van der Waals surface area contributed by atoms with Crippen molar-refractivity contribution >= 4 is 27.6 Å². The fourth-order valence-electron chi connectivity index (χ4n) is 2.61. The lowest BCUT2D eigenvalue weighted by atomic mass is 10.1. The Bertz CT molecular complexity index is 531. The van der Waals surface area contributed by atoms with Crippen LogP contribution in [0.3, 0.4) is 0 Å². The summed E-state index contributed by atoms with van der Waals surface area (Å²) in [6, 6.07) is 3.55. The largest absolute Gasteiger partial charge is 0.478 e. The highest BCUT2D eigenvalue weighted by Crippen LogP contribution is 2.30. The van der Waals surface area contributed by atoms with Crippen molar-refractivity contribution in [3.05, 3.63) is 28.0 Å². The predicted molar refractivity (Wildman–Crippen MR) is 84.6 cm³/mol. The van der Waals surface area contributed by atoms with Crippen LogP contribution in [-0.2, 0) is 0 Å². The zero-order chi connectivity index (χ0) is 15.6. The van der Waals surface area contributed by atoms with Gasteiger partial charge in [-0.05, 0) is 41.4 Å². The van der Waals surface area contributed by atoms with Gasteiger partial charge >= 0.3 is 5.97 Å². The van der Waals surface area contributed by atoms with Crippen LogP contribution in [0, 0.1) is 5.82 Å². The van der Waals surface area contributed by atoms with Gasteiger partial charge in [0, 0.05) is 32.2 Å². The van der Waals surface area contributed by atoms with E-state index in [1.807, 2.05) is 4.90 Å². The van der Waals surface area contributed by atoms with E-state index in [1.165, 1.54) is 6.07 Å². The van der Waals surface area contributed by atoms with Crippen molar-refractivity contribution in [3.63, 3.8) is 0 Å². The van der Waals surface area contributed by atoms with Gasteiger partial charge in [-0.15, -0.1) is 0 Å². The Kier molecular flexibility index (Phi) is 5.22. The number of piperazine rings is 1. The summed E-state index contributed by atoms with van der Waals surface area (Å²) in [6.07, 6.45) is 1.10. The molecule has 1 aliphatic heterocycles. The molecule has 1 aromatic rings. The lowest BCUT2D eigenvalue weighted by Gasteiger charge is -2.39. The molecule has 1 N–H and O–H groups in total. The first kappa shape index (κ1) is 16.2. The molecule has 1 aromatic carbocycles. The Morgan fingerprint density at radius 1 is 1.38 bits per heavy atom. The van der Waals surface area contributed by atoms with Gasteiger partial charge in [-0.2, -0.15) is 0 Å². The van der Waals surface area contributed by atoms with E-state index in [1.54, 1.807) is 6.07 Å². The summed E-state index contributed by atoms with van der Waals surface area (Å²) < 4.78 is 14.4. The molecule has 1 unspecified atom stereocenters. The molecule has 2 rings (SSSR count). The van der Waals surface area contributed by atoms with Crippen molar-refractivity contribution in [3.8, 4) is 0 Å². The number of carboxylic acid groups (broad SMARTS) is 1. The number of anilines is 1. The fourth-order valence-corrected chi connectivity index (χ4v) is 3.12. The van der Waals surface area contributed by atoms with Gasteiger partial charge < -0.3 is 10.0 Å².